The summed E-state index contributed by atoms with van der Waals surface area (Å²) in [6.07, 6.45) is 0. The second-order valence-electron chi connectivity index (χ2n) is 4.69. The molecule has 0 saturated heterocycles. The van der Waals surface area contributed by atoms with E-state index in [2.05, 4.69) is 58.4 Å². The van der Waals surface area contributed by atoms with Gasteiger partial charge in [0.2, 0.25) is 0 Å². The van der Waals surface area contributed by atoms with Gasteiger partial charge in [-0.25, -0.2) is 0 Å². The van der Waals surface area contributed by atoms with Gasteiger partial charge in [0.05, 0.1) is 21.1 Å². The molecule has 1 atom stereocenters. The fraction of sp³-hybridized carbons (Fsp3) is 0.462. The zero-order valence-electron chi connectivity index (χ0n) is 10.7. The first-order valence-electron chi connectivity index (χ1n) is 5.28. The Kier molecular flexibility index (Phi) is 5.75. The lowest BCUT2D eigenvalue weighted by atomic mass is 10.1. The lowest BCUT2D eigenvalue weighted by molar-refractivity contribution is -0.900. The van der Waals surface area contributed by atoms with Gasteiger partial charge in [-0.2, -0.15) is 0 Å². The first kappa shape index (κ1) is 14.6. The fourth-order valence-electron chi connectivity index (χ4n) is 1.18. The summed E-state index contributed by atoms with van der Waals surface area (Å²) < 4.78 is 0.976. The van der Waals surface area contributed by atoms with E-state index < -0.39 is 5.97 Å². The van der Waals surface area contributed by atoms with Crippen LogP contribution in [0.25, 0.3) is 0 Å². The predicted octanol–water partition coefficient (Wildman–Crippen LogP) is 1.21. The van der Waals surface area contributed by atoms with Gasteiger partial charge in [0.15, 0.2) is 0 Å². The van der Waals surface area contributed by atoms with Crippen LogP contribution in [0.15, 0.2) is 30.3 Å². The lowest BCUT2D eigenvalue weighted by Crippen LogP contribution is -2.37. The largest absolute Gasteiger partial charge is 0.550 e. The third-order valence-electron chi connectivity index (χ3n) is 2.44. The van der Waals surface area contributed by atoms with E-state index in [0.29, 0.717) is 6.04 Å². The fourth-order valence-corrected chi connectivity index (χ4v) is 1.18. The van der Waals surface area contributed by atoms with Crippen molar-refractivity contribution in [3.8, 4) is 0 Å². The molecule has 0 aromatic heterocycles. The van der Waals surface area contributed by atoms with Gasteiger partial charge < -0.3 is 14.4 Å². The van der Waals surface area contributed by atoms with Gasteiger partial charge in [0.25, 0.3) is 0 Å². The molecular formula is C13H21NO2. The molecule has 0 fully saturated rings. The Morgan fingerprint density at radius 1 is 1.19 bits per heavy atom. The molecule has 1 aromatic carbocycles. The summed E-state index contributed by atoms with van der Waals surface area (Å²) in [4.78, 5) is 8.89. The molecule has 0 saturated carbocycles. The molecule has 3 heteroatoms. The first-order valence-corrected chi connectivity index (χ1v) is 5.28. The number of nitrogens with zero attached hydrogens (tertiary/aromatic N) is 1. The van der Waals surface area contributed by atoms with Gasteiger partial charge in [-0.1, -0.05) is 30.3 Å². The molecule has 0 amide bonds. The van der Waals surface area contributed by atoms with Crippen molar-refractivity contribution < 1.29 is 14.4 Å². The van der Waals surface area contributed by atoms with Crippen LogP contribution in [0, 0.1) is 0 Å². The van der Waals surface area contributed by atoms with Crippen LogP contribution in [-0.4, -0.2) is 31.6 Å². The van der Waals surface area contributed by atoms with Gasteiger partial charge in [0, 0.05) is 11.5 Å². The summed E-state index contributed by atoms with van der Waals surface area (Å²) in [6, 6.07) is 11.2. The molecule has 0 radical (unpaired) electrons. The van der Waals surface area contributed by atoms with Crippen molar-refractivity contribution in [1.29, 1.82) is 0 Å². The van der Waals surface area contributed by atoms with Crippen LogP contribution in [0.2, 0.25) is 0 Å². The van der Waals surface area contributed by atoms with E-state index in [4.69, 9.17) is 9.90 Å². The van der Waals surface area contributed by atoms with E-state index in [0.717, 1.165) is 11.4 Å². The average molecular weight is 223 g/mol. The number of aliphatic carboxylic acids is 1. The number of carbonyl (C=O) groups excluding carboxylic acids is 1. The van der Waals surface area contributed by atoms with E-state index in [9.17, 15) is 0 Å². The molecule has 1 rings (SSSR count). The molecule has 1 aromatic rings. The summed E-state index contributed by atoms with van der Waals surface area (Å²) in [5, 5.41) is 8.89. The zero-order valence-corrected chi connectivity index (χ0v) is 10.7. The zero-order chi connectivity index (χ0) is 12.8. The summed E-state index contributed by atoms with van der Waals surface area (Å²) in [5.41, 5.74) is 1.41. The molecule has 0 heterocycles. The van der Waals surface area contributed by atoms with Gasteiger partial charge in [-0.15, -0.1) is 0 Å². The average Bonchev–Trinajstić information content (AvgIpc) is 2.16. The maximum absolute atomic E-state index is 8.89. The van der Waals surface area contributed by atoms with Crippen LogP contribution in [-0.2, 0) is 4.79 Å². The third kappa shape index (κ3) is 6.19. The van der Waals surface area contributed by atoms with Crippen molar-refractivity contribution in [2.75, 3.05) is 21.1 Å². The highest BCUT2D eigenvalue weighted by molar-refractivity contribution is 5.60. The van der Waals surface area contributed by atoms with Crippen LogP contribution < -0.4 is 5.11 Å². The summed E-state index contributed by atoms with van der Waals surface area (Å²) in [6.45, 7) is 3.23. The van der Waals surface area contributed by atoms with E-state index in [1.165, 1.54) is 5.56 Å². The van der Waals surface area contributed by atoms with Crippen LogP contribution in [0.4, 0.5) is 0 Å². The van der Waals surface area contributed by atoms with Crippen molar-refractivity contribution in [3.05, 3.63) is 35.9 Å². The quantitative estimate of drug-likeness (QED) is 0.707. The van der Waals surface area contributed by atoms with Crippen LogP contribution in [0.3, 0.4) is 0 Å². The summed E-state index contributed by atoms with van der Waals surface area (Å²) in [7, 11) is 6.66. The molecule has 0 bridgehead atoms. The standard InChI is InChI=1S/C11H18N.C2H4O2/c1-10(12(2,3)4)11-8-6-5-7-9-11;1-2(3)4/h5-10H,1-4H3;1H3,(H,3,4)/q+1;/p-1/t10-;/m1./s1. The highest BCUT2D eigenvalue weighted by atomic mass is 16.4. The minimum atomic E-state index is -1.08. The van der Waals surface area contributed by atoms with E-state index in [1.807, 2.05) is 0 Å². The van der Waals surface area contributed by atoms with Crippen molar-refractivity contribution >= 4 is 5.97 Å². The number of hydrogen-bond acceptors (Lipinski definition) is 2. The number of carboxylic acid groups (broad SMARTS) is 1. The highest BCUT2D eigenvalue weighted by Crippen LogP contribution is 2.21. The Labute approximate surface area is 97.9 Å². The van der Waals surface area contributed by atoms with Gasteiger partial charge in [0.1, 0.15) is 6.04 Å². The molecule has 3 nitrogen and oxygen atoms in total. The molecule has 90 valence electrons. The Morgan fingerprint density at radius 3 is 1.88 bits per heavy atom. The second kappa shape index (κ2) is 6.28. The van der Waals surface area contributed by atoms with Crippen LogP contribution in [0.5, 0.6) is 0 Å². The Balaban J connectivity index is 0.000000487. The maximum atomic E-state index is 8.89. The monoisotopic (exact) mass is 223 g/mol. The molecule has 0 aliphatic carbocycles. The topological polar surface area (TPSA) is 40.1 Å². The Bertz CT molecular complexity index is 310. The normalized spacial score (nSPS) is 12.3. The van der Waals surface area contributed by atoms with Crippen molar-refractivity contribution in [1.82, 2.24) is 0 Å². The number of rotatable bonds is 2. The van der Waals surface area contributed by atoms with Gasteiger partial charge in [-0.3, -0.25) is 0 Å². The SMILES string of the molecule is CC(=O)[O-].C[C@H](c1ccccc1)[N+](C)(C)C. The van der Waals surface area contributed by atoms with Crippen LogP contribution in [0.1, 0.15) is 25.5 Å². The minimum Gasteiger partial charge on any atom is -0.550 e. The molecule has 0 unspecified atom stereocenters. The Morgan fingerprint density at radius 2 is 1.56 bits per heavy atom. The Hall–Kier alpha value is -1.35. The van der Waals surface area contributed by atoms with Crippen molar-refractivity contribution in [3.63, 3.8) is 0 Å². The molecule has 0 spiro atoms. The second-order valence-corrected chi connectivity index (χ2v) is 4.69. The number of carbonyl (C=O) groups is 1. The molecule has 0 aliphatic rings. The maximum Gasteiger partial charge on any atom is 0.111 e. The third-order valence-corrected chi connectivity index (χ3v) is 2.44. The highest BCUT2D eigenvalue weighted by Gasteiger charge is 2.19. The van der Waals surface area contributed by atoms with E-state index in [1.54, 1.807) is 0 Å². The minimum absolute atomic E-state index is 0.561. The van der Waals surface area contributed by atoms with Gasteiger partial charge >= 0.3 is 0 Å². The molecule has 16 heavy (non-hydrogen) atoms. The molecular weight excluding hydrogens is 202 g/mol. The number of carboxylic acids is 1. The smallest absolute Gasteiger partial charge is 0.111 e. The van der Waals surface area contributed by atoms with Crippen molar-refractivity contribution in [2.45, 2.75) is 19.9 Å². The lowest BCUT2D eigenvalue weighted by Gasteiger charge is -2.31. The van der Waals surface area contributed by atoms with Crippen molar-refractivity contribution in [2.24, 2.45) is 0 Å². The number of quaternary nitrogens is 1. The molecule has 0 N–H and O–H groups in total. The summed E-state index contributed by atoms with van der Waals surface area (Å²) >= 11 is 0. The van der Waals surface area contributed by atoms with Gasteiger partial charge in [-0.05, 0) is 13.8 Å². The predicted molar refractivity (Wildman–Crippen MR) is 63.6 cm³/mol. The van der Waals surface area contributed by atoms with E-state index in [-0.39, 0.29) is 0 Å². The van der Waals surface area contributed by atoms with E-state index >= 15 is 0 Å². The summed E-state index contributed by atoms with van der Waals surface area (Å²) in [5.74, 6) is -1.08. The first-order chi connectivity index (χ1) is 7.25. The molecule has 0 aliphatic heterocycles. The van der Waals surface area contributed by atoms with Crippen LogP contribution >= 0.6 is 0 Å². The number of benzene rings is 1. The number of hydrogen-bond donors (Lipinski definition) is 0.